The fourth-order valence-corrected chi connectivity index (χ4v) is 2.59. The number of likely N-dealkylation sites (N-methyl/N-ethyl adjacent to an activating group) is 1. The summed E-state index contributed by atoms with van der Waals surface area (Å²) in [6.07, 6.45) is 0. The Morgan fingerprint density at radius 1 is 1.26 bits per heavy atom. The Morgan fingerprint density at radius 3 is 2.79 bits per heavy atom. The molecule has 1 aromatic heterocycles. The van der Waals surface area contributed by atoms with Gasteiger partial charge in [-0.2, -0.15) is 0 Å². The third-order valence-electron chi connectivity index (χ3n) is 2.49. The number of carbonyl (C=O) groups excluding carboxylic acids is 2. The molecular weight excluding hydrogens is 267 g/mol. The Kier molecular flexibility index (Phi) is 4.11. The highest BCUT2D eigenvalue weighted by molar-refractivity contribution is 7.20. The van der Waals surface area contributed by atoms with Crippen molar-refractivity contribution in [3.8, 4) is 0 Å². The molecule has 2 amide bonds. The van der Waals surface area contributed by atoms with E-state index in [1.165, 1.54) is 23.5 Å². The van der Waals surface area contributed by atoms with E-state index >= 15 is 0 Å². The molecule has 0 unspecified atom stereocenters. The van der Waals surface area contributed by atoms with Crippen LogP contribution >= 0.6 is 11.3 Å². The van der Waals surface area contributed by atoms with Crippen molar-refractivity contribution < 1.29 is 14.0 Å². The minimum Gasteiger partial charge on any atom is -0.355 e. The molecule has 2 aromatic rings. The first-order valence-electron chi connectivity index (χ1n) is 5.84. The highest BCUT2D eigenvalue weighted by atomic mass is 32.1. The van der Waals surface area contributed by atoms with Crippen molar-refractivity contribution in [1.82, 2.24) is 10.6 Å². The first-order valence-corrected chi connectivity index (χ1v) is 6.66. The lowest BCUT2D eigenvalue weighted by Crippen LogP contribution is -2.36. The van der Waals surface area contributed by atoms with Crippen LogP contribution in [0.4, 0.5) is 4.39 Å². The van der Waals surface area contributed by atoms with Crippen LogP contribution in [0.15, 0.2) is 24.3 Å². The topological polar surface area (TPSA) is 58.2 Å². The summed E-state index contributed by atoms with van der Waals surface area (Å²) in [7, 11) is 0. The molecule has 0 fully saturated rings. The van der Waals surface area contributed by atoms with E-state index in [4.69, 9.17) is 0 Å². The Balaban J connectivity index is 2.07. The fraction of sp³-hybridized carbons (Fsp3) is 0.231. The molecular formula is C13H13FN2O2S. The molecule has 0 bridgehead atoms. The minimum atomic E-state index is -0.334. The average Bonchev–Trinajstić information content (AvgIpc) is 2.79. The lowest BCUT2D eigenvalue weighted by molar-refractivity contribution is -0.120. The first-order chi connectivity index (χ1) is 9.10. The maximum Gasteiger partial charge on any atom is 0.261 e. The van der Waals surface area contributed by atoms with E-state index in [2.05, 4.69) is 10.6 Å². The molecule has 4 nitrogen and oxygen atoms in total. The molecule has 0 aliphatic rings. The van der Waals surface area contributed by atoms with Crippen molar-refractivity contribution in [2.24, 2.45) is 0 Å². The van der Waals surface area contributed by atoms with E-state index in [0.29, 0.717) is 16.8 Å². The van der Waals surface area contributed by atoms with Crippen LogP contribution in [0.3, 0.4) is 0 Å². The quantitative estimate of drug-likeness (QED) is 0.898. The molecule has 6 heteroatoms. The van der Waals surface area contributed by atoms with Gasteiger partial charge >= 0.3 is 0 Å². The van der Waals surface area contributed by atoms with Crippen molar-refractivity contribution in [1.29, 1.82) is 0 Å². The SMILES string of the molecule is CCNC(=O)CNC(=O)c1cc2cc(F)ccc2s1. The highest BCUT2D eigenvalue weighted by Crippen LogP contribution is 2.26. The van der Waals surface area contributed by atoms with Crippen LogP contribution in [-0.4, -0.2) is 24.9 Å². The zero-order valence-electron chi connectivity index (χ0n) is 10.3. The number of hydrogen-bond donors (Lipinski definition) is 2. The lowest BCUT2D eigenvalue weighted by Gasteiger charge is -2.03. The summed E-state index contributed by atoms with van der Waals surface area (Å²) in [6, 6.07) is 5.99. The van der Waals surface area contributed by atoms with E-state index in [9.17, 15) is 14.0 Å². The molecule has 2 N–H and O–H groups in total. The van der Waals surface area contributed by atoms with Crippen LogP contribution in [-0.2, 0) is 4.79 Å². The summed E-state index contributed by atoms with van der Waals surface area (Å²) in [6.45, 7) is 2.27. The molecule has 0 spiro atoms. The summed E-state index contributed by atoms with van der Waals surface area (Å²) in [5.74, 6) is -0.893. The third kappa shape index (κ3) is 3.29. The number of hydrogen-bond acceptors (Lipinski definition) is 3. The molecule has 0 saturated heterocycles. The monoisotopic (exact) mass is 280 g/mol. The molecule has 0 aliphatic heterocycles. The fourth-order valence-electron chi connectivity index (χ4n) is 1.63. The van der Waals surface area contributed by atoms with E-state index in [1.807, 2.05) is 0 Å². The lowest BCUT2D eigenvalue weighted by atomic mass is 10.2. The van der Waals surface area contributed by atoms with Gasteiger partial charge in [-0.05, 0) is 36.6 Å². The standard InChI is InChI=1S/C13H13FN2O2S/c1-2-15-12(17)7-16-13(18)11-6-8-5-9(14)3-4-10(8)19-11/h3-6H,2,7H2,1H3,(H,15,17)(H,16,18). The summed E-state index contributed by atoms with van der Waals surface area (Å²) >= 11 is 1.27. The number of carbonyl (C=O) groups is 2. The normalized spacial score (nSPS) is 10.4. The molecule has 19 heavy (non-hydrogen) atoms. The van der Waals surface area contributed by atoms with Gasteiger partial charge in [-0.3, -0.25) is 9.59 Å². The largest absolute Gasteiger partial charge is 0.355 e. The minimum absolute atomic E-state index is 0.0602. The van der Waals surface area contributed by atoms with E-state index in [-0.39, 0.29) is 24.2 Å². The average molecular weight is 280 g/mol. The molecule has 0 atom stereocenters. The van der Waals surface area contributed by atoms with Gasteiger partial charge in [0.25, 0.3) is 5.91 Å². The maximum atomic E-state index is 13.0. The second-order valence-electron chi connectivity index (χ2n) is 3.93. The number of amides is 2. The summed E-state index contributed by atoms with van der Waals surface area (Å²) < 4.78 is 13.9. The highest BCUT2D eigenvalue weighted by Gasteiger charge is 2.11. The van der Waals surface area contributed by atoms with Crippen molar-refractivity contribution in [2.75, 3.05) is 13.1 Å². The van der Waals surface area contributed by atoms with Crippen molar-refractivity contribution in [3.63, 3.8) is 0 Å². The van der Waals surface area contributed by atoms with Gasteiger partial charge in [-0.25, -0.2) is 4.39 Å². The second kappa shape index (κ2) is 5.79. The number of thiophene rings is 1. The first kappa shape index (κ1) is 13.5. The van der Waals surface area contributed by atoms with E-state index in [0.717, 1.165) is 4.70 Å². The van der Waals surface area contributed by atoms with Gasteiger partial charge in [0.15, 0.2) is 0 Å². The van der Waals surface area contributed by atoms with Crippen molar-refractivity contribution in [2.45, 2.75) is 6.92 Å². The molecule has 2 rings (SSSR count). The number of halogens is 1. The maximum absolute atomic E-state index is 13.0. The Labute approximate surface area is 113 Å². The summed E-state index contributed by atoms with van der Waals surface area (Å²) in [5.41, 5.74) is 0. The Hall–Kier alpha value is -1.95. The van der Waals surface area contributed by atoms with Gasteiger partial charge in [0, 0.05) is 11.2 Å². The van der Waals surface area contributed by atoms with E-state index < -0.39 is 0 Å². The van der Waals surface area contributed by atoms with Crippen LogP contribution in [0.5, 0.6) is 0 Å². The molecule has 0 aliphatic carbocycles. The predicted molar refractivity (Wildman–Crippen MR) is 72.8 cm³/mol. The third-order valence-corrected chi connectivity index (χ3v) is 3.60. The van der Waals surface area contributed by atoms with Crippen LogP contribution in [0.1, 0.15) is 16.6 Å². The van der Waals surface area contributed by atoms with Crippen molar-refractivity contribution in [3.05, 3.63) is 35.0 Å². The number of nitrogens with one attached hydrogen (secondary N) is 2. The van der Waals surface area contributed by atoms with Gasteiger partial charge < -0.3 is 10.6 Å². The number of benzene rings is 1. The predicted octanol–water partition coefficient (Wildman–Crippen LogP) is 1.91. The van der Waals surface area contributed by atoms with Crippen LogP contribution in [0.2, 0.25) is 0 Å². The molecule has 1 aromatic carbocycles. The number of rotatable bonds is 4. The van der Waals surface area contributed by atoms with Gasteiger partial charge in [-0.15, -0.1) is 11.3 Å². The zero-order valence-corrected chi connectivity index (χ0v) is 11.1. The van der Waals surface area contributed by atoms with Gasteiger partial charge in [0.1, 0.15) is 5.82 Å². The molecule has 0 radical (unpaired) electrons. The van der Waals surface area contributed by atoms with Crippen LogP contribution in [0.25, 0.3) is 10.1 Å². The van der Waals surface area contributed by atoms with E-state index in [1.54, 1.807) is 19.1 Å². The molecule has 1 heterocycles. The van der Waals surface area contributed by atoms with Crippen molar-refractivity contribution >= 4 is 33.2 Å². The Bertz CT molecular complexity index is 624. The molecule has 0 saturated carbocycles. The second-order valence-corrected chi connectivity index (χ2v) is 5.01. The van der Waals surface area contributed by atoms with Gasteiger partial charge in [-0.1, -0.05) is 0 Å². The summed E-state index contributed by atoms with van der Waals surface area (Å²) in [5, 5.41) is 5.80. The van der Waals surface area contributed by atoms with Gasteiger partial charge in [0.05, 0.1) is 11.4 Å². The van der Waals surface area contributed by atoms with Crippen LogP contribution < -0.4 is 10.6 Å². The smallest absolute Gasteiger partial charge is 0.261 e. The molecule has 100 valence electrons. The van der Waals surface area contributed by atoms with Gasteiger partial charge in [0.2, 0.25) is 5.91 Å². The van der Waals surface area contributed by atoms with Crippen LogP contribution in [0, 0.1) is 5.82 Å². The Morgan fingerprint density at radius 2 is 2.05 bits per heavy atom. The summed E-state index contributed by atoms with van der Waals surface area (Å²) in [4.78, 5) is 23.5. The zero-order chi connectivity index (χ0) is 13.8. The number of fused-ring (bicyclic) bond motifs is 1.